The third-order valence-electron chi connectivity index (χ3n) is 2.10. The molecule has 0 radical (unpaired) electrons. The lowest BCUT2D eigenvalue weighted by atomic mass is 9.95. The van der Waals surface area contributed by atoms with E-state index >= 15 is 0 Å². The van der Waals surface area contributed by atoms with Gasteiger partial charge in [-0.05, 0) is 0 Å². The monoisotopic (exact) mass is 216 g/mol. The fourth-order valence-electron chi connectivity index (χ4n) is 0.957. The molecule has 0 heterocycles. The van der Waals surface area contributed by atoms with E-state index in [4.69, 9.17) is 5.11 Å². The Bertz CT molecular complexity index is 191. The molecule has 0 unspecified atom stereocenters. The smallest absolute Gasteiger partial charge is 0.221 e. The molecule has 0 aromatic carbocycles. The van der Waals surface area contributed by atoms with Gasteiger partial charge in [0.25, 0.3) is 0 Å². The van der Waals surface area contributed by atoms with Crippen LogP contribution < -0.4 is 10.6 Å². The van der Waals surface area contributed by atoms with Crippen molar-refractivity contribution in [2.24, 2.45) is 5.41 Å². The van der Waals surface area contributed by atoms with E-state index in [1.165, 1.54) is 0 Å². The molecule has 0 atom stereocenters. The van der Waals surface area contributed by atoms with Gasteiger partial charge in [-0.2, -0.15) is 0 Å². The van der Waals surface area contributed by atoms with E-state index in [0.29, 0.717) is 25.6 Å². The zero-order valence-electron chi connectivity index (χ0n) is 10.3. The molecule has 0 saturated heterocycles. The van der Waals surface area contributed by atoms with Crippen LogP contribution >= 0.6 is 0 Å². The number of carbonyl (C=O) groups excluding carboxylic acids is 1. The van der Waals surface area contributed by atoms with Gasteiger partial charge in [-0.3, -0.25) is 4.79 Å². The first-order valence-electron chi connectivity index (χ1n) is 5.48. The van der Waals surface area contributed by atoms with E-state index in [9.17, 15) is 4.79 Å². The molecule has 0 aliphatic heterocycles. The van der Waals surface area contributed by atoms with Crippen LogP contribution in [0.5, 0.6) is 0 Å². The van der Waals surface area contributed by atoms with Crippen LogP contribution in [0.3, 0.4) is 0 Å². The molecule has 3 N–H and O–H groups in total. The quantitative estimate of drug-likeness (QED) is 0.581. The Morgan fingerprint density at radius 2 is 2.00 bits per heavy atom. The van der Waals surface area contributed by atoms with Gasteiger partial charge in [-0.25, -0.2) is 0 Å². The zero-order valence-corrected chi connectivity index (χ0v) is 10.3. The van der Waals surface area contributed by atoms with Crippen LogP contribution in [0.15, 0.2) is 0 Å². The highest BCUT2D eigenvalue weighted by molar-refractivity contribution is 5.76. The molecular weight excluding hydrogens is 192 g/mol. The topological polar surface area (TPSA) is 61.4 Å². The summed E-state index contributed by atoms with van der Waals surface area (Å²) in [5, 5.41) is 15.0. The molecule has 4 heteroatoms. The summed E-state index contributed by atoms with van der Waals surface area (Å²) in [4.78, 5) is 11.4. The lowest BCUT2D eigenvalue weighted by Crippen LogP contribution is -2.37. The molecule has 90 valence electrons. The van der Waals surface area contributed by atoms with Gasteiger partial charge in [0.15, 0.2) is 0 Å². The van der Waals surface area contributed by atoms with Crippen molar-refractivity contribution in [2.75, 3.05) is 19.7 Å². The van der Waals surface area contributed by atoms with Crippen LogP contribution in [0.4, 0.5) is 0 Å². The molecule has 0 aliphatic rings. The first-order valence-corrected chi connectivity index (χ1v) is 5.48. The number of rotatable bonds is 7. The van der Waals surface area contributed by atoms with Crippen LogP contribution in [0.25, 0.3) is 0 Å². The summed E-state index contributed by atoms with van der Waals surface area (Å²) in [5.41, 5.74) is -0.235. The van der Waals surface area contributed by atoms with E-state index in [0.717, 1.165) is 0 Å². The summed E-state index contributed by atoms with van der Waals surface area (Å²) in [6.45, 7) is 9.23. The summed E-state index contributed by atoms with van der Waals surface area (Å²) in [6.07, 6.45) is 0.486. The normalized spacial score (nSPS) is 11.9. The second-order valence-electron chi connectivity index (χ2n) is 4.96. The summed E-state index contributed by atoms with van der Waals surface area (Å²) in [6, 6.07) is 0.409. The molecule has 0 fully saturated rings. The van der Waals surface area contributed by atoms with Gasteiger partial charge in [0.05, 0.1) is 0 Å². The molecule has 0 bridgehead atoms. The van der Waals surface area contributed by atoms with Gasteiger partial charge in [0.2, 0.25) is 5.91 Å². The van der Waals surface area contributed by atoms with Crippen LogP contribution in [-0.4, -0.2) is 36.8 Å². The molecule has 0 rings (SSSR count). The lowest BCUT2D eigenvalue weighted by Gasteiger charge is -2.21. The Labute approximate surface area is 92.4 Å². The van der Waals surface area contributed by atoms with E-state index in [2.05, 4.69) is 10.6 Å². The second kappa shape index (κ2) is 6.80. The first kappa shape index (κ1) is 14.4. The summed E-state index contributed by atoms with van der Waals surface area (Å²) < 4.78 is 0. The van der Waals surface area contributed by atoms with Crippen LogP contribution in [-0.2, 0) is 4.79 Å². The van der Waals surface area contributed by atoms with Gasteiger partial charge < -0.3 is 15.7 Å². The average molecular weight is 216 g/mol. The van der Waals surface area contributed by atoms with Gasteiger partial charge in [-0.1, -0.05) is 27.7 Å². The number of hydrogen-bond acceptors (Lipinski definition) is 3. The maximum atomic E-state index is 11.4. The minimum absolute atomic E-state index is 0.0321. The number of aliphatic hydroxyl groups excluding tert-OH is 1. The molecule has 0 aromatic heterocycles. The maximum Gasteiger partial charge on any atom is 0.221 e. The summed E-state index contributed by atoms with van der Waals surface area (Å²) in [5.74, 6) is 0.0321. The highest BCUT2D eigenvalue weighted by Crippen LogP contribution is 2.10. The zero-order chi connectivity index (χ0) is 11.9. The predicted molar refractivity (Wildman–Crippen MR) is 61.6 cm³/mol. The molecule has 0 saturated carbocycles. The SMILES string of the molecule is CC(C)NCCC(=O)NCC(C)(C)CO. The number of carbonyl (C=O) groups is 1. The van der Waals surface area contributed by atoms with Crippen molar-refractivity contribution in [3.05, 3.63) is 0 Å². The van der Waals surface area contributed by atoms with Crippen molar-refractivity contribution in [2.45, 2.75) is 40.2 Å². The summed E-state index contributed by atoms with van der Waals surface area (Å²) >= 11 is 0. The fourth-order valence-corrected chi connectivity index (χ4v) is 0.957. The Morgan fingerprint density at radius 3 is 2.47 bits per heavy atom. The van der Waals surface area contributed by atoms with E-state index < -0.39 is 0 Å². The Morgan fingerprint density at radius 1 is 1.40 bits per heavy atom. The molecule has 15 heavy (non-hydrogen) atoms. The van der Waals surface area contributed by atoms with Gasteiger partial charge >= 0.3 is 0 Å². The summed E-state index contributed by atoms with van der Waals surface area (Å²) in [7, 11) is 0. The lowest BCUT2D eigenvalue weighted by molar-refractivity contribution is -0.121. The third kappa shape index (κ3) is 8.39. The largest absolute Gasteiger partial charge is 0.396 e. The van der Waals surface area contributed by atoms with Crippen molar-refractivity contribution in [3.8, 4) is 0 Å². The van der Waals surface area contributed by atoms with Gasteiger partial charge in [0, 0.05) is 37.6 Å². The standard InChI is InChI=1S/C11H24N2O2/c1-9(2)12-6-5-10(15)13-7-11(3,4)8-14/h9,12,14H,5-8H2,1-4H3,(H,13,15). The Balaban J connectivity index is 3.58. The Hall–Kier alpha value is -0.610. The number of hydrogen-bond donors (Lipinski definition) is 3. The van der Waals surface area contributed by atoms with Crippen molar-refractivity contribution in [3.63, 3.8) is 0 Å². The molecule has 4 nitrogen and oxygen atoms in total. The maximum absolute atomic E-state index is 11.4. The molecule has 0 aromatic rings. The number of amides is 1. The van der Waals surface area contributed by atoms with Gasteiger partial charge in [-0.15, -0.1) is 0 Å². The van der Waals surface area contributed by atoms with Crippen LogP contribution in [0, 0.1) is 5.41 Å². The highest BCUT2D eigenvalue weighted by Gasteiger charge is 2.17. The highest BCUT2D eigenvalue weighted by atomic mass is 16.3. The molecular formula is C11H24N2O2. The fraction of sp³-hybridized carbons (Fsp3) is 0.909. The molecule has 0 spiro atoms. The van der Waals surface area contributed by atoms with E-state index in [1.54, 1.807) is 0 Å². The number of nitrogens with one attached hydrogen (secondary N) is 2. The van der Waals surface area contributed by atoms with Crippen LogP contribution in [0.1, 0.15) is 34.1 Å². The van der Waals surface area contributed by atoms with Crippen molar-refractivity contribution in [1.29, 1.82) is 0 Å². The third-order valence-corrected chi connectivity index (χ3v) is 2.10. The average Bonchev–Trinajstić information content (AvgIpc) is 2.14. The molecule has 1 amide bonds. The molecule has 0 aliphatic carbocycles. The van der Waals surface area contributed by atoms with E-state index in [1.807, 2.05) is 27.7 Å². The van der Waals surface area contributed by atoms with Crippen molar-refractivity contribution in [1.82, 2.24) is 10.6 Å². The second-order valence-corrected chi connectivity index (χ2v) is 4.96. The van der Waals surface area contributed by atoms with Crippen molar-refractivity contribution < 1.29 is 9.90 Å². The van der Waals surface area contributed by atoms with Crippen LogP contribution in [0.2, 0.25) is 0 Å². The van der Waals surface area contributed by atoms with E-state index in [-0.39, 0.29) is 17.9 Å². The minimum Gasteiger partial charge on any atom is -0.396 e. The predicted octanol–water partition coefficient (Wildman–Crippen LogP) is 0.509. The Kier molecular flexibility index (Phi) is 6.52. The van der Waals surface area contributed by atoms with Crippen molar-refractivity contribution >= 4 is 5.91 Å². The first-order chi connectivity index (χ1) is 6.87. The van der Waals surface area contributed by atoms with Gasteiger partial charge in [0.1, 0.15) is 0 Å². The minimum atomic E-state index is -0.235. The number of aliphatic hydroxyl groups is 1.